The molecule has 3 atom stereocenters. The van der Waals surface area contributed by atoms with Gasteiger partial charge in [-0.2, -0.15) is 0 Å². The van der Waals surface area contributed by atoms with Crippen molar-refractivity contribution in [3.63, 3.8) is 0 Å². The highest BCUT2D eigenvalue weighted by Gasteiger charge is 2.15. The van der Waals surface area contributed by atoms with E-state index in [4.69, 9.17) is 14.0 Å². The van der Waals surface area contributed by atoms with Crippen molar-refractivity contribution in [1.82, 2.24) is 5.09 Å². The standard InChI is InChI=1S/C13H28NO4P/c1-6-12(8-16-7-2)9-17-19-14-11(5)13(15)18-10(3)4/h10-12,14,19H,6-9H2,1-5H3. The maximum absolute atomic E-state index is 11.5. The van der Waals surface area contributed by atoms with Gasteiger partial charge in [-0.15, -0.1) is 0 Å². The molecule has 6 heteroatoms. The largest absolute Gasteiger partial charge is 0.462 e. The zero-order valence-electron chi connectivity index (χ0n) is 12.7. The highest BCUT2D eigenvalue weighted by molar-refractivity contribution is 7.29. The molecule has 0 amide bonds. The Labute approximate surface area is 118 Å². The van der Waals surface area contributed by atoms with Gasteiger partial charge in [0.25, 0.3) is 0 Å². The van der Waals surface area contributed by atoms with Crippen LogP contribution in [0.25, 0.3) is 0 Å². The molecule has 0 spiro atoms. The van der Waals surface area contributed by atoms with Gasteiger partial charge >= 0.3 is 5.97 Å². The van der Waals surface area contributed by atoms with Crippen LogP contribution in [0, 0.1) is 5.92 Å². The van der Waals surface area contributed by atoms with Gasteiger partial charge in [-0.05, 0) is 34.1 Å². The van der Waals surface area contributed by atoms with Crippen molar-refractivity contribution in [1.29, 1.82) is 0 Å². The number of hydrogen-bond donors (Lipinski definition) is 1. The molecular formula is C13H28NO4P. The predicted molar refractivity (Wildman–Crippen MR) is 78.4 cm³/mol. The third-order valence-electron chi connectivity index (χ3n) is 2.51. The lowest BCUT2D eigenvalue weighted by Crippen LogP contribution is -2.32. The van der Waals surface area contributed by atoms with Gasteiger partial charge in [0.1, 0.15) is 6.04 Å². The van der Waals surface area contributed by atoms with Crippen LogP contribution in [0.3, 0.4) is 0 Å². The first-order valence-corrected chi connectivity index (χ1v) is 7.82. The summed E-state index contributed by atoms with van der Waals surface area (Å²) in [4.78, 5) is 11.5. The number of carbonyl (C=O) groups is 1. The minimum atomic E-state index is -0.340. The third-order valence-corrected chi connectivity index (χ3v) is 3.37. The van der Waals surface area contributed by atoms with Crippen LogP contribution in [0.4, 0.5) is 0 Å². The number of ether oxygens (including phenoxy) is 2. The lowest BCUT2D eigenvalue weighted by molar-refractivity contribution is -0.148. The smallest absolute Gasteiger partial charge is 0.323 e. The van der Waals surface area contributed by atoms with Crippen molar-refractivity contribution in [2.45, 2.75) is 53.2 Å². The number of esters is 1. The summed E-state index contributed by atoms with van der Waals surface area (Å²) >= 11 is 0. The second kappa shape index (κ2) is 11.6. The average molecular weight is 293 g/mol. The summed E-state index contributed by atoms with van der Waals surface area (Å²) in [5.74, 6) is 0.166. The number of carbonyl (C=O) groups excluding carboxylic acids is 1. The Hall–Kier alpha value is -0.220. The van der Waals surface area contributed by atoms with Crippen molar-refractivity contribution in [3.05, 3.63) is 0 Å². The van der Waals surface area contributed by atoms with Crippen LogP contribution in [-0.2, 0) is 18.8 Å². The van der Waals surface area contributed by atoms with Crippen LogP contribution in [0.15, 0.2) is 0 Å². The highest BCUT2D eigenvalue weighted by Crippen LogP contribution is 2.13. The summed E-state index contributed by atoms with van der Waals surface area (Å²) in [6.07, 6.45) is 0.937. The molecule has 0 bridgehead atoms. The predicted octanol–water partition coefficient (Wildman–Crippen LogP) is 2.50. The van der Waals surface area contributed by atoms with E-state index in [1.807, 2.05) is 20.8 Å². The number of hydrogen-bond acceptors (Lipinski definition) is 5. The van der Waals surface area contributed by atoms with Gasteiger partial charge in [0.2, 0.25) is 0 Å². The summed E-state index contributed by atoms with van der Waals surface area (Å²) in [7, 11) is 0.0965. The zero-order valence-corrected chi connectivity index (χ0v) is 13.7. The Morgan fingerprint density at radius 3 is 2.42 bits per heavy atom. The molecule has 0 fully saturated rings. The zero-order chi connectivity index (χ0) is 14.7. The van der Waals surface area contributed by atoms with Gasteiger partial charge in [-0.1, -0.05) is 6.92 Å². The van der Waals surface area contributed by atoms with E-state index < -0.39 is 0 Å². The molecule has 0 radical (unpaired) electrons. The minimum absolute atomic E-state index is 0.0864. The van der Waals surface area contributed by atoms with Gasteiger partial charge in [-0.25, -0.2) is 0 Å². The van der Waals surface area contributed by atoms with E-state index in [-0.39, 0.29) is 27.1 Å². The molecule has 0 saturated heterocycles. The van der Waals surface area contributed by atoms with Gasteiger partial charge in [0.15, 0.2) is 0 Å². The Balaban J connectivity index is 3.69. The van der Waals surface area contributed by atoms with E-state index in [0.717, 1.165) is 19.6 Å². The number of rotatable bonds is 11. The Morgan fingerprint density at radius 1 is 1.21 bits per heavy atom. The first-order chi connectivity index (χ1) is 9.01. The van der Waals surface area contributed by atoms with E-state index in [9.17, 15) is 4.79 Å². The summed E-state index contributed by atoms with van der Waals surface area (Å²) in [5.41, 5.74) is 0. The van der Waals surface area contributed by atoms with Crippen LogP contribution in [-0.4, -0.2) is 37.9 Å². The molecule has 0 saturated carbocycles. The second-order valence-corrected chi connectivity index (χ2v) is 5.48. The lowest BCUT2D eigenvalue weighted by atomic mass is 10.1. The fourth-order valence-corrected chi connectivity index (χ4v) is 1.95. The van der Waals surface area contributed by atoms with E-state index in [2.05, 4.69) is 12.0 Å². The van der Waals surface area contributed by atoms with Crippen LogP contribution in [0.1, 0.15) is 41.0 Å². The molecule has 0 aromatic carbocycles. The van der Waals surface area contributed by atoms with Crippen molar-refractivity contribution < 1.29 is 18.8 Å². The molecule has 0 aromatic heterocycles. The molecule has 0 aliphatic carbocycles. The topological polar surface area (TPSA) is 56.8 Å². The molecule has 3 unspecified atom stereocenters. The summed E-state index contributed by atoms with van der Waals surface area (Å²) < 4.78 is 16.0. The van der Waals surface area contributed by atoms with Crippen molar-refractivity contribution >= 4 is 14.9 Å². The normalized spacial score (nSPS) is 15.1. The fourth-order valence-electron chi connectivity index (χ4n) is 1.25. The summed E-state index contributed by atoms with van der Waals surface area (Å²) in [6.45, 7) is 11.7. The van der Waals surface area contributed by atoms with E-state index in [1.165, 1.54) is 0 Å². The van der Waals surface area contributed by atoms with Gasteiger partial charge in [0, 0.05) is 12.5 Å². The Morgan fingerprint density at radius 2 is 1.89 bits per heavy atom. The average Bonchev–Trinajstić information content (AvgIpc) is 2.36. The van der Waals surface area contributed by atoms with Crippen LogP contribution >= 0.6 is 8.96 Å². The first kappa shape index (κ1) is 18.8. The van der Waals surface area contributed by atoms with E-state index in [1.54, 1.807) is 6.92 Å². The van der Waals surface area contributed by atoms with E-state index in [0.29, 0.717) is 12.5 Å². The van der Waals surface area contributed by atoms with Crippen molar-refractivity contribution in [2.75, 3.05) is 19.8 Å². The van der Waals surface area contributed by atoms with Crippen molar-refractivity contribution in [2.24, 2.45) is 5.92 Å². The highest BCUT2D eigenvalue weighted by atomic mass is 31.1. The fraction of sp³-hybridized carbons (Fsp3) is 0.923. The molecular weight excluding hydrogens is 265 g/mol. The van der Waals surface area contributed by atoms with Crippen LogP contribution < -0.4 is 5.09 Å². The number of nitrogens with one attached hydrogen (secondary N) is 1. The maximum Gasteiger partial charge on any atom is 0.323 e. The third kappa shape index (κ3) is 10.3. The monoisotopic (exact) mass is 293 g/mol. The minimum Gasteiger partial charge on any atom is -0.462 e. The molecule has 0 heterocycles. The second-order valence-electron chi connectivity index (χ2n) is 4.70. The van der Waals surface area contributed by atoms with Crippen LogP contribution in [0.5, 0.6) is 0 Å². The summed E-state index contributed by atoms with van der Waals surface area (Å²) in [5, 5.41) is 3.01. The molecule has 19 heavy (non-hydrogen) atoms. The quantitative estimate of drug-likeness (QED) is 0.360. The molecule has 0 aliphatic rings. The molecule has 5 nitrogen and oxygen atoms in total. The lowest BCUT2D eigenvalue weighted by Gasteiger charge is -2.17. The Kier molecular flexibility index (Phi) is 11.5. The molecule has 0 rings (SSSR count). The maximum atomic E-state index is 11.5. The molecule has 1 N–H and O–H groups in total. The molecule has 114 valence electrons. The van der Waals surface area contributed by atoms with Crippen LogP contribution in [0.2, 0.25) is 0 Å². The molecule has 0 aromatic rings. The Bertz CT molecular complexity index is 239. The first-order valence-electron chi connectivity index (χ1n) is 6.91. The SMILES string of the molecule is CCOCC(CC)COPNC(C)C(=O)OC(C)C. The molecule has 0 aliphatic heterocycles. The van der Waals surface area contributed by atoms with Gasteiger partial charge in [0.05, 0.1) is 28.3 Å². The summed E-state index contributed by atoms with van der Waals surface area (Å²) in [6, 6.07) is -0.340. The van der Waals surface area contributed by atoms with Gasteiger partial charge in [-0.3, -0.25) is 9.88 Å². The van der Waals surface area contributed by atoms with Crippen molar-refractivity contribution in [3.8, 4) is 0 Å². The van der Waals surface area contributed by atoms with E-state index >= 15 is 0 Å². The van der Waals surface area contributed by atoms with Gasteiger partial charge < -0.3 is 14.0 Å².